The molecule has 0 amide bonds. The lowest BCUT2D eigenvalue weighted by molar-refractivity contribution is -0.384. The molecule has 0 saturated heterocycles. The molecule has 2 atom stereocenters. The van der Waals surface area contributed by atoms with Crippen LogP contribution in [0.25, 0.3) is 0 Å². The number of carbonyl (C=O) groups is 1. The summed E-state index contributed by atoms with van der Waals surface area (Å²) in [5.41, 5.74) is 7.90. The van der Waals surface area contributed by atoms with Gasteiger partial charge in [0.25, 0.3) is 5.69 Å². The highest BCUT2D eigenvalue weighted by atomic mass is 16.6. The zero-order valence-electron chi connectivity index (χ0n) is 18.0. The van der Waals surface area contributed by atoms with Gasteiger partial charge in [0, 0.05) is 30.5 Å². The first-order chi connectivity index (χ1) is 15.9. The van der Waals surface area contributed by atoms with E-state index in [1.165, 1.54) is 24.3 Å². The Balaban J connectivity index is 1.74. The number of non-ortho nitro benzene ring substituents is 1. The lowest BCUT2D eigenvalue weighted by atomic mass is 9.73. The Morgan fingerprint density at radius 1 is 1.09 bits per heavy atom. The number of carbonyl (C=O) groups excluding carboxylic acids is 1. The highest BCUT2D eigenvalue weighted by molar-refractivity contribution is 6.00. The second-order valence-electron chi connectivity index (χ2n) is 7.75. The van der Waals surface area contributed by atoms with Crippen LogP contribution in [-0.2, 0) is 9.53 Å². The maximum Gasteiger partial charge on any atom is 0.269 e. The van der Waals surface area contributed by atoms with Gasteiger partial charge >= 0.3 is 0 Å². The van der Waals surface area contributed by atoms with Crippen LogP contribution < -0.4 is 15.2 Å². The lowest BCUT2D eigenvalue weighted by Crippen LogP contribution is -2.29. The standard InChI is InChI=1S/C24H21N3O6/c1-31-19-8-5-14(10-20(19)32-2)15-9-18(28)23-21(11-15)33-24(26)17(12-25)22(23)13-3-6-16(7-4-13)27(29)30/h3-8,10,15,22H,9,11,26H2,1-2H3/t15-,22-/m0/s1. The summed E-state index contributed by atoms with van der Waals surface area (Å²) in [7, 11) is 3.09. The molecular weight excluding hydrogens is 426 g/mol. The molecule has 1 aliphatic heterocycles. The first-order valence-corrected chi connectivity index (χ1v) is 10.2. The van der Waals surface area contributed by atoms with Crippen molar-refractivity contribution in [3.05, 3.63) is 86.5 Å². The molecular formula is C24H21N3O6. The predicted octanol–water partition coefficient (Wildman–Crippen LogP) is 3.82. The van der Waals surface area contributed by atoms with Gasteiger partial charge in [0.2, 0.25) is 5.88 Å². The Labute approximate surface area is 189 Å². The van der Waals surface area contributed by atoms with Gasteiger partial charge in [0.05, 0.1) is 25.1 Å². The maximum absolute atomic E-state index is 13.3. The molecule has 1 aliphatic carbocycles. The first-order valence-electron chi connectivity index (χ1n) is 10.2. The predicted molar refractivity (Wildman–Crippen MR) is 117 cm³/mol. The molecule has 0 spiro atoms. The number of hydrogen-bond acceptors (Lipinski definition) is 8. The average molecular weight is 447 g/mol. The number of hydrogen-bond donors (Lipinski definition) is 1. The monoisotopic (exact) mass is 447 g/mol. The molecule has 0 bridgehead atoms. The van der Waals surface area contributed by atoms with Crippen LogP contribution in [0.2, 0.25) is 0 Å². The summed E-state index contributed by atoms with van der Waals surface area (Å²) < 4.78 is 16.4. The Morgan fingerprint density at radius 3 is 2.36 bits per heavy atom. The van der Waals surface area contributed by atoms with Crippen molar-refractivity contribution >= 4 is 11.5 Å². The Morgan fingerprint density at radius 2 is 1.76 bits per heavy atom. The van der Waals surface area contributed by atoms with Gasteiger partial charge in [-0.15, -0.1) is 0 Å². The van der Waals surface area contributed by atoms with Crippen molar-refractivity contribution in [2.45, 2.75) is 24.7 Å². The van der Waals surface area contributed by atoms with Gasteiger partial charge in [-0.1, -0.05) is 18.2 Å². The third-order valence-corrected chi connectivity index (χ3v) is 5.98. The number of nitrogens with zero attached hydrogens (tertiary/aromatic N) is 2. The molecule has 4 rings (SSSR count). The lowest BCUT2D eigenvalue weighted by Gasteiger charge is -2.34. The molecule has 33 heavy (non-hydrogen) atoms. The number of benzene rings is 2. The largest absolute Gasteiger partial charge is 0.493 e. The number of nitro benzene ring substituents is 1. The fourth-order valence-corrected chi connectivity index (χ4v) is 4.37. The van der Waals surface area contributed by atoms with E-state index >= 15 is 0 Å². The number of allylic oxidation sites excluding steroid dienone is 3. The zero-order chi connectivity index (χ0) is 23.7. The van der Waals surface area contributed by atoms with Crippen molar-refractivity contribution in [1.82, 2.24) is 0 Å². The second kappa shape index (κ2) is 8.67. The second-order valence-corrected chi connectivity index (χ2v) is 7.75. The molecule has 0 unspecified atom stereocenters. The summed E-state index contributed by atoms with van der Waals surface area (Å²) in [5.74, 6) is 0.400. The van der Waals surface area contributed by atoms with Gasteiger partial charge in [0.1, 0.15) is 17.4 Å². The van der Waals surface area contributed by atoms with Crippen molar-refractivity contribution in [1.29, 1.82) is 5.26 Å². The summed E-state index contributed by atoms with van der Waals surface area (Å²) >= 11 is 0. The van der Waals surface area contributed by atoms with Gasteiger partial charge in [-0.2, -0.15) is 5.26 Å². The maximum atomic E-state index is 13.3. The van der Waals surface area contributed by atoms with E-state index in [1.54, 1.807) is 20.3 Å². The number of methoxy groups -OCH3 is 2. The minimum absolute atomic E-state index is 0.0691. The Hall–Kier alpha value is -4.32. The molecule has 1 heterocycles. The quantitative estimate of drug-likeness (QED) is 0.539. The van der Waals surface area contributed by atoms with Crippen molar-refractivity contribution < 1.29 is 23.9 Å². The van der Waals surface area contributed by atoms with Gasteiger partial charge in [-0.05, 0) is 29.2 Å². The summed E-state index contributed by atoms with van der Waals surface area (Å²) in [6, 6.07) is 13.3. The summed E-state index contributed by atoms with van der Waals surface area (Å²) in [6.45, 7) is 0. The van der Waals surface area contributed by atoms with E-state index in [0.717, 1.165) is 5.56 Å². The Kier molecular flexibility index (Phi) is 5.75. The molecule has 168 valence electrons. The van der Waals surface area contributed by atoms with Crippen molar-refractivity contribution in [2.75, 3.05) is 14.2 Å². The number of ketones is 1. The van der Waals surface area contributed by atoms with E-state index in [2.05, 4.69) is 0 Å². The van der Waals surface area contributed by atoms with Gasteiger partial charge < -0.3 is 19.9 Å². The molecule has 0 aromatic heterocycles. The topological polar surface area (TPSA) is 138 Å². The van der Waals surface area contributed by atoms with E-state index in [-0.39, 0.29) is 35.3 Å². The van der Waals surface area contributed by atoms with Crippen molar-refractivity contribution in [3.8, 4) is 17.6 Å². The molecule has 2 aromatic rings. The molecule has 0 fully saturated rings. The van der Waals surface area contributed by atoms with Crippen LogP contribution in [0.1, 0.15) is 35.8 Å². The van der Waals surface area contributed by atoms with Gasteiger partial charge in [0.15, 0.2) is 17.3 Å². The van der Waals surface area contributed by atoms with Crippen molar-refractivity contribution in [3.63, 3.8) is 0 Å². The number of rotatable bonds is 5. The molecule has 9 nitrogen and oxygen atoms in total. The van der Waals surface area contributed by atoms with Crippen LogP contribution in [0, 0.1) is 21.4 Å². The fourth-order valence-electron chi connectivity index (χ4n) is 4.37. The van der Waals surface area contributed by atoms with Crippen LogP contribution >= 0.6 is 0 Å². The van der Waals surface area contributed by atoms with E-state index in [1.807, 2.05) is 18.2 Å². The van der Waals surface area contributed by atoms with Crippen LogP contribution in [0.3, 0.4) is 0 Å². The SMILES string of the molecule is COc1ccc([C@H]2CC(=O)C3=C(C2)OC(N)=C(C#N)[C@@H]3c2ccc([N+](=O)[O-])cc2)cc1OC. The summed E-state index contributed by atoms with van der Waals surface area (Å²) in [5, 5.41) is 20.7. The van der Waals surface area contributed by atoms with E-state index < -0.39 is 10.8 Å². The molecule has 0 saturated carbocycles. The average Bonchev–Trinajstić information content (AvgIpc) is 2.82. The first kappa shape index (κ1) is 21.9. The highest BCUT2D eigenvalue weighted by Gasteiger charge is 2.41. The number of nitriles is 1. The Bertz CT molecular complexity index is 1240. The van der Waals surface area contributed by atoms with Crippen LogP contribution in [0.15, 0.2) is 65.3 Å². The van der Waals surface area contributed by atoms with E-state index in [4.69, 9.17) is 19.9 Å². The molecule has 2 N–H and O–H groups in total. The van der Waals surface area contributed by atoms with Crippen LogP contribution in [0.5, 0.6) is 11.5 Å². The zero-order valence-corrected chi connectivity index (χ0v) is 18.0. The summed E-state index contributed by atoms with van der Waals surface area (Å²) in [6.07, 6.45) is 0.610. The number of Topliss-reactive ketones (excluding diaryl/α,β-unsaturated/α-hetero) is 1. The van der Waals surface area contributed by atoms with Crippen LogP contribution in [0.4, 0.5) is 5.69 Å². The van der Waals surface area contributed by atoms with Crippen LogP contribution in [-0.4, -0.2) is 24.9 Å². The third-order valence-electron chi connectivity index (χ3n) is 5.98. The molecule has 2 aliphatic rings. The number of ether oxygens (including phenoxy) is 3. The smallest absolute Gasteiger partial charge is 0.269 e. The normalized spacial score (nSPS) is 20.0. The highest BCUT2D eigenvalue weighted by Crippen LogP contribution is 2.47. The van der Waals surface area contributed by atoms with E-state index in [9.17, 15) is 20.2 Å². The molecule has 0 radical (unpaired) electrons. The number of nitro groups is 1. The molecule has 2 aromatic carbocycles. The van der Waals surface area contributed by atoms with Gasteiger partial charge in [-0.3, -0.25) is 14.9 Å². The van der Waals surface area contributed by atoms with E-state index in [0.29, 0.717) is 34.8 Å². The minimum atomic E-state index is -0.738. The third kappa shape index (κ3) is 3.87. The number of nitrogens with two attached hydrogens (primary N) is 1. The summed E-state index contributed by atoms with van der Waals surface area (Å²) in [4.78, 5) is 23.9. The minimum Gasteiger partial charge on any atom is -0.493 e. The van der Waals surface area contributed by atoms with Crippen molar-refractivity contribution in [2.24, 2.45) is 5.73 Å². The van der Waals surface area contributed by atoms with Gasteiger partial charge in [-0.25, -0.2) is 0 Å². The fraction of sp³-hybridized carbons (Fsp3) is 0.250. The molecule has 9 heteroatoms.